The van der Waals surface area contributed by atoms with Crippen molar-refractivity contribution >= 4 is 17.9 Å². The summed E-state index contributed by atoms with van der Waals surface area (Å²) in [7, 11) is 0. The molecule has 0 amide bonds. The molecule has 2 N–H and O–H groups in total. The van der Waals surface area contributed by atoms with Crippen molar-refractivity contribution in [3.8, 4) is 0 Å². The molecule has 0 aliphatic carbocycles. The number of aliphatic carboxylic acids is 3. The van der Waals surface area contributed by atoms with Gasteiger partial charge in [0.05, 0.1) is 0 Å². The van der Waals surface area contributed by atoms with Gasteiger partial charge in [0.15, 0.2) is 0 Å². The maximum atomic E-state index is 8.89. The van der Waals surface area contributed by atoms with E-state index in [1.54, 1.807) is 0 Å². The van der Waals surface area contributed by atoms with Gasteiger partial charge in [-0.25, -0.2) is 0 Å². The Balaban J connectivity index is -0.0000000270. The second-order valence-electron chi connectivity index (χ2n) is 1.47. The summed E-state index contributed by atoms with van der Waals surface area (Å²) in [6.07, 6.45) is 0. The van der Waals surface area contributed by atoms with E-state index in [0.29, 0.717) is 0 Å². The van der Waals surface area contributed by atoms with E-state index in [9.17, 15) is 0 Å². The van der Waals surface area contributed by atoms with Gasteiger partial charge >= 0.3 is 36.9 Å². The van der Waals surface area contributed by atoms with Crippen LogP contribution >= 0.6 is 0 Å². The second-order valence-corrected chi connectivity index (χ2v) is 1.47. The first-order valence-corrected chi connectivity index (χ1v) is 2.72. The maximum Gasteiger partial charge on any atom is 3.00 e. The van der Waals surface area contributed by atoms with E-state index < -0.39 is 17.9 Å². The molecule has 0 bridgehead atoms. The Labute approximate surface area is 110 Å². The third-order valence-electron chi connectivity index (χ3n) is 0. The molecule has 0 heterocycles. The van der Waals surface area contributed by atoms with Crippen LogP contribution in [0.25, 0.3) is 0 Å². The molecule has 0 saturated heterocycles. The third kappa shape index (κ3) is 8310. The molecular formula is C6H11O7Tm. The zero-order valence-corrected chi connectivity index (χ0v) is 9.51. The number of hydrogen-bond acceptors (Lipinski definition) is 6. The fraction of sp³-hybridized carbons (Fsp3) is 0.500. The van der Waals surface area contributed by atoms with Gasteiger partial charge in [-0.05, 0) is 20.8 Å². The van der Waals surface area contributed by atoms with Crippen molar-refractivity contribution in [2.75, 3.05) is 0 Å². The van der Waals surface area contributed by atoms with Gasteiger partial charge in [-0.3, -0.25) is 0 Å². The SMILES string of the molecule is CC(=O)[O-].CC(=O)[O-].CC(=O)[O-].O.[Tm+3]. The molecular weight excluding hydrogens is 353 g/mol. The predicted octanol–water partition coefficient (Wildman–Crippen LogP) is -4.56. The molecule has 14 heavy (non-hydrogen) atoms. The Morgan fingerprint density at radius 1 is 0.714 bits per heavy atom. The molecule has 8 heteroatoms. The minimum Gasteiger partial charge on any atom is -0.550 e. The van der Waals surface area contributed by atoms with E-state index >= 15 is 0 Å². The molecule has 7 nitrogen and oxygen atoms in total. The van der Waals surface area contributed by atoms with Crippen molar-refractivity contribution in [2.45, 2.75) is 20.8 Å². The molecule has 0 aromatic rings. The third-order valence-corrected chi connectivity index (χ3v) is 0. The van der Waals surface area contributed by atoms with Crippen LogP contribution in [0.2, 0.25) is 0 Å². The molecule has 0 unspecified atom stereocenters. The van der Waals surface area contributed by atoms with Crippen LogP contribution in [0.3, 0.4) is 0 Å². The average molecular weight is 364 g/mol. The molecule has 0 fully saturated rings. The molecule has 0 saturated carbocycles. The first-order valence-electron chi connectivity index (χ1n) is 2.72. The van der Waals surface area contributed by atoms with Gasteiger partial charge in [0.25, 0.3) is 0 Å². The molecule has 90 valence electrons. The van der Waals surface area contributed by atoms with Crippen molar-refractivity contribution in [1.82, 2.24) is 0 Å². The minimum absolute atomic E-state index is 0. The van der Waals surface area contributed by atoms with Crippen molar-refractivity contribution in [3.05, 3.63) is 0 Å². The first-order chi connectivity index (χ1) is 5.20. The Bertz CT molecular complexity index is 116. The minimum atomic E-state index is -1.08. The first kappa shape index (κ1) is 29.2. The quantitative estimate of drug-likeness (QED) is 0.422. The maximum absolute atomic E-state index is 8.89. The number of carboxylic acids is 3. The van der Waals surface area contributed by atoms with E-state index in [2.05, 4.69) is 0 Å². The van der Waals surface area contributed by atoms with Gasteiger partial charge in [-0.15, -0.1) is 0 Å². The van der Waals surface area contributed by atoms with Crippen molar-refractivity contribution in [2.24, 2.45) is 0 Å². The standard InChI is InChI=1S/3C2H4O2.H2O.Tm/c3*1-2(3)4;;/h3*1H3,(H,3,4);1H2;/q;;;;+3/p-3. The molecule has 0 radical (unpaired) electrons. The monoisotopic (exact) mass is 364 g/mol. The second kappa shape index (κ2) is 22.9. The molecule has 0 spiro atoms. The number of hydrogen-bond donors (Lipinski definition) is 0. The fourth-order valence-corrected chi connectivity index (χ4v) is 0. The molecule has 0 aromatic heterocycles. The fourth-order valence-electron chi connectivity index (χ4n) is 0. The summed E-state index contributed by atoms with van der Waals surface area (Å²) in [6, 6.07) is 0. The van der Waals surface area contributed by atoms with Crippen molar-refractivity contribution in [1.29, 1.82) is 0 Å². The number of carbonyl (C=O) groups is 3. The summed E-state index contributed by atoms with van der Waals surface area (Å²) in [6.45, 7) is 2.92. The molecule has 0 atom stereocenters. The smallest absolute Gasteiger partial charge is 0.550 e. The van der Waals surface area contributed by atoms with E-state index in [0.717, 1.165) is 20.8 Å². The van der Waals surface area contributed by atoms with Crippen LogP contribution in [0.15, 0.2) is 0 Å². The molecule has 0 aromatic carbocycles. The summed E-state index contributed by atoms with van der Waals surface area (Å²) < 4.78 is 0. The number of carbonyl (C=O) groups excluding carboxylic acids is 3. The Morgan fingerprint density at radius 2 is 0.714 bits per heavy atom. The van der Waals surface area contributed by atoms with Gasteiger partial charge in [0, 0.05) is 17.9 Å². The van der Waals surface area contributed by atoms with Crippen LogP contribution in [0, 0.1) is 36.9 Å². The van der Waals surface area contributed by atoms with Gasteiger partial charge < -0.3 is 35.2 Å². The summed E-state index contributed by atoms with van der Waals surface area (Å²) in [5, 5.41) is 26.7. The average Bonchev–Trinajstić information content (AvgIpc) is 1.54. The largest absolute Gasteiger partial charge is 3.00 e. The summed E-state index contributed by atoms with van der Waals surface area (Å²) in [5.41, 5.74) is 0. The van der Waals surface area contributed by atoms with Gasteiger partial charge in [-0.2, -0.15) is 0 Å². The van der Waals surface area contributed by atoms with E-state index in [4.69, 9.17) is 29.7 Å². The van der Waals surface area contributed by atoms with Gasteiger partial charge in [0.2, 0.25) is 0 Å². The zero-order chi connectivity index (χ0) is 10.7. The van der Waals surface area contributed by atoms with Crippen LogP contribution in [0.4, 0.5) is 0 Å². The molecule has 0 aliphatic heterocycles. The number of carboxylic acid groups (broad SMARTS) is 3. The zero-order valence-electron chi connectivity index (χ0n) is 7.73. The van der Waals surface area contributed by atoms with Gasteiger partial charge in [-0.1, -0.05) is 0 Å². The summed E-state index contributed by atoms with van der Waals surface area (Å²) >= 11 is 0. The predicted molar refractivity (Wildman–Crippen MR) is 35.7 cm³/mol. The topological polar surface area (TPSA) is 152 Å². The van der Waals surface area contributed by atoms with Crippen LogP contribution < -0.4 is 15.3 Å². The Morgan fingerprint density at radius 3 is 0.714 bits per heavy atom. The Hall–Kier alpha value is -0.396. The summed E-state index contributed by atoms with van der Waals surface area (Å²) in [5.74, 6) is -3.25. The Kier molecular flexibility index (Phi) is 47.8. The van der Waals surface area contributed by atoms with Crippen molar-refractivity contribution in [3.63, 3.8) is 0 Å². The van der Waals surface area contributed by atoms with Gasteiger partial charge in [0.1, 0.15) is 0 Å². The van der Waals surface area contributed by atoms with E-state index in [-0.39, 0.29) is 42.4 Å². The van der Waals surface area contributed by atoms with Crippen LogP contribution in [0.5, 0.6) is 0 Å². The normalized spacial score (nSPS) is 5.36. The van der Waals surface area contributed by atoms with Crippen LogP contribution in [0.1, 0.15) is 20.8 Å². The van der Waals surface area contributed by atoms with Crippen molar-refractivity contribution < 1.29 is 72.1 Å². The number of rotatable bonds is 0. The van der Waals surface area contributed by atoms with E-state index in [1.807, 2.05) is 0 Å². The molecule has 0 rings (SSSR count). The molecule has 0 aliphatic rings. The van der Waals surface area contributed by atoms with E-state index in [1.165, 1.54) is 0 Å². The van der Waals surface area contributed by atoms with Crippen LogP contribution in [-0.4, -0.2) is 23.4 Å². The van der Waals surface area contributed by atoms with Crippen LogP contribution in [-0.2, 0) is 14.4 Å². The summed E-state index contributed by atoms with van der Waals surface area (Å²) in [4.78, 5) is 26.7.